The second-order valence-corrected chi connectivity index (χ2v) is 4.83. The highest BCUT2D eigenvalue weighted by Crippen LogP contribution is 2.35. The van der Waals surface area contributed by atoms with Gasteiger partial charge in [-0.15, -0.1) is 11.3 Å². The van der Waals surface area contributed by atoms with Crippen molar-refractivity contribution in [3.8, 4) is 5.75 Å². The highest BCUT2D eigenvalue weighted by atomic mass is 35.5. The summed E-state index contributed by atoms with van der Waals surface area (Å²) >= 11 is 7.74. The summed E-state index contributed by atoms with van der Waals surface area (Å²) in [6, 6.07) is 6.00. The Morgan fingerprint density at radius 3 is 2.86 bits per heavy atom. The standard InChI is InChI=1S/C11H11ClOS/c1-3-13-10-5-8(12)6-11-9(10)4-7(2)14-11/h4-6H,3H2,1-2H3. The molecule has 0 amide bonds. The molecule has 0 atom stereocenters. The molecule has 1 heterocycles. The molecule has 0 saturated carbocycles. The molecule has 0 saturated heterocycles. The fourth-order valence-electron chi connectivity index (χ4n) is 1.48. The average molecular weight is 227 g/mol. The number of ether oxygens (including phenoxy) is 1. The van der Waals surface area contributed by atoms with Crippen LogP contribution in [0.25, 0.3) is 10.1 Å². The van der Waals surface area contributed by atoms with Crippen LogP contribution >= 0.6 is 22.9 Å². The molecule has 0 aliphatic heterocycles. The molecule has 0 aliphatic carbocycles. The molecule has 0 aliphatic rings. The molecule has 1 aromatic carbocycles. The van der Waals surface area contributed by atoms with Gasteiger partial charge in [-0.05, 0) is 32.0 Å². The maximum Gasteiger partial charge on any atom is 0.129 e. The zero-order valence-electron chi connectivity index (χ0n) is 8.13. The van der Waals surface area contributed by atoms with Crippen LogP contribution < -0.4 is 4.74 Å². The number of thiophene rings is 1. The SMILES string of the molecule is CCOc1cc(Cl)cc2sc(C)cc12. The van der Waals surface area contributed by atoms with E-state index in [1.807, 2.05) is 19.1 Å². The lowest BCUT2D eigenvalue weighted by molar-refractivity contribution is 0.344. The second kappa shape index (κ2) is 3.79. The Bertz CT molecular complexity index is 462. The van der Waals surface area contributed by atoms with Crippen molar-refractivity contribution in [3.63, 3.8) is 0 Å². The number of fused-ring (bicyclic) bond motifs is 1. The summed E-state index contributed by atoms with van der Waals surface area (Å²) in [4.78, 5) is 1.28. The molecule has 0 spiro atoms. The fourth-order valence-corrected chi connectivity index (χ4v) is 2.73. The van der Waals surface area contributed by atoms with Gasteiger partial charge in [0.15, 0.2) is 0 Å². The van der Waals surface area contributed by atoms with Gasteiger partial charge in [-0.2, -0.15) is 0 Å². The number of hydrogen-bond donors (Lipinski definition) is 0. The fraction of sp³-hybridized carbons (Fsp3) is 0.273. The predicted molar refractivity (Wildman–Crippen MR) is 62.7 cm³/mol. The van der Waals surface area contributed by atoms with E-state index in [0.717, 1.165) is 10.8 Å². The van der Waals surface area contributed by atoms with Crippen LogP contribution in [0.1, 0.15) is 11.8 Å². The second-order valence-electron chi connectivity index (χ2n) is 3.11. The van der Waals surface area contributed by atoms with Gasteiger partial charge in [-0.3, -0.25) is 0 Å². The first-order valence-electron chi connectivity index (χ1n) is 4.53. The van der Waals surface area contributed by atoms with E-state index in [1.54, 1.807) is 11.3 Å². The lowest BCUT2D eigenvalue weighted by Crippen LogP contribution is -1.91. The molecule has 2 rings (SSSR count). The monoisotopic (exact) mass is 226 g/mol. The normalized spacial score (nSPS) is 10.8. The van der Waals surface area contributed by atoms with Crippen molar-refractivity contribution in [3.05, 3.63) is 28.1 Å². The van der Waals surface area contributed by atoms with Crippen molar-refractivity contribution in [1.29, 1.82) is 0 Å². The first-order valence-corrected chi connectivity index (χ1v) is 5.72. The van der Waals surface area contributed by atoms with E-state index in [9.17, 15) is 0 Å². The van der Waals surface area contributed by atoms with Crippen molar-refractivity contribution >= 4 is 33.0 Å². The van der Waals surface area contributed by atoms with Gasteiger partial charge in [0.05, 0.1) is 6.61 Å². The van der Waals surface area contributed by atoms with Crippen LogP contribution in [-0.2, 0) is 0 Å². The molecular formula is C11H11ClOS. The molecule has 14 heavy (non-hydrogen) atoms. The molecule has 2 aromatic rings. The third-order valence-corrected chi connectivity index (χ3v) is 3.20. The number of hydrogen-bond acceptors (Lipinski definition) is 2. The van der Waals surface area contributed by atoms with Crippen molar-refractivity contribution in [2.45, 2.75) is 13.8 Å². The van der Waals surface area contributed by atoms with Crippen LogP contribution in [0, 0.1) is 6.92 Å². The van der Waals surface area contributed by atoms with E-state index in [-0.39, 0.29) is 0 Å². The van der Waals surface area contributed by atoms with E-state index < -0.39 is 0 Å². The van der Waals surface area contributed by atoms with E-state index in [0.29, 0.717) is 6.61 Å². The molecule has 0 radical (unpaired) electrons. The molecular weight excluding hydrogens is 216 g/mol. The van der Waals surface area contributed by atoms with Gasteiger partial charge in [0.2, 0.25) is 0 Å². The molecule has 0 bridgehead atoms. The van der Waals surface area contributed by atoms with Crippen LogP contribution in [0.3, 0.4) is 0 Å². The third kappa shape index (κ3) is 1.72. The lowest BCUT2D eigenvalue weighted by atomic mass is 10.2. The smallest absolute Gasteiger partial charge is 0.129 e. The van der Waals surface area contributed by atoms with Gasteiger partial charge in [-0.25, -0.2) is 0 Å². The summed E-state index contributed by atoms with van der Waals surface area (Å²) in [6.07, 6.45) is 0. The summed E-state index contributed by atoms with van der Waals surface area (Å²) < 4.78 is 6.73. The summed E-state index contributed by atoms with van der Waals surface area (Å²) in [5, 5.41) is 1.90. The Hall–Kier alpha value is -0.730. The highest BCUT2D eigenvalue weighted by molar-refractivity contribution is 7.19. The third-order valence-electron chi connectivity index (χ3n) is 1.99. The Labute approximate surface area is 92.3 Å². The maximum atomic E-state index is 6.00. The van der Waals surface area contributed by atoms with Gasteiger partial charge in [0, 0.05) is 20.0 Å². The van der Waals surface area contributed by atoms with E-state index in [1.165, 1.54) is 15.0 Å². The Balaban J connectivity index is 2.66. The van der Waals surface area contributed by atoms with Gasteiger partial charge >= 0.3 is 0 Å². The minimum Gasteiger partial charge on any atom is -0.493 e. The average Bonchev–Trinajstić information content (AvgIpc) is 2.45. The number of aryl methyl sites for hydroxylation is 1. The molecule has 1 aromatic heterocycles. The molecule has 0 unspecified atom stereocenters. The molecule has 74 valence electrons. The van der Waals surface area contributed by atoms with Crippen LogP contribution in [-0.4, -0.2) is 6.61 Å². The van der Waals surface area contributed by atoms with Gasteiger partial charge < -0.3 is 4.74 Å². The first-order chi connectivity index (χ1) is 6.70. The van der Waals surface area contributed by atoms with Gasteiger partial charge in [0.25, 0.3) is 0 Å². The van der Waals surface area contributed by atoms with E-state index in [2.05, 4.69) is 13.0 Å². The molecule has 0 fully saturated rings. The van der Waals surface area contributed by atoms with Gasteiger partial charge in [0.1, 0.15) is 5.75 Å². The predicted octanol–water partition coefficient (Wildman–Crippen LogP) is 4.26. The van der Waals surface area contributed by atoms with Crippen LogP contribution in [0.15, 0.2) is 18.2 Å². The zero-order valence-corrected chi connectivity index (χ0v) is 9.71. The van der Waals surface area contributed by atoms with Crippen LogP contribution in [0.4, 0.5) is 0 Å². The van der Waals surface area contributed by atoms with Crippen molar-refractivity contribution in [1.82, 2.24) is 0 Å². The Morgan fingerprint density at radius 1 is 1.36 bits per heavy atom. The summed E-state index contributed by atoms with van der Waals surface area (Å²) in [6.45, 7) is 4.74. The lowest BCUT2D eigenvalue weighted by Gasteiger charge is -2.04. The van der Waals surface area contributed by atoms with Crippen molar-refractivity contribution in [2.24, 2.45) is 0 Å². The van der Waals surface area contributed by atoms with E-state index in [4.69, 9.17) is 16.3 Å². The van der Waals surface area contributed by atoms with Gasteiger partial charge in [-0.1, -0.05) is 11.6 Å². The first kappa shape index (κ1) is 9.81. The zero-order chi connectivity index (χ0) is 10.1. The minimum absolute atomic E-state index is 0.671. The molecule has 0 N–H and O–H groups in total. The Kier molecular flexibility index (Phi) is 2.66. The Morgan fingerprint density at radius 2 is 2.14 bits per heavy atom. The summed E-state index contributed by atoms with van der Waals surface area (Å²) in [5.74, 6) is 0.888. The van der Waals surface area contributed by atoms with Crippen LogP contribution in [0.2, 0.25) is 5.02 Å². The minimum atomic E-state index is 0.671. The number of benzene rings is 1. The quantitative estimate of drug-likeness (QED) is 0.744. The maximum absolute atomic E-state index is 6.00. The van der Waals surface area contributed by atoms with Crippen molar-refractivity contribution < 1.29 is 4.74 Å². The molecule has 3 heteroatoms. The van der Waals surface area contributed by atoms with Crippen molar-refractivity contribution in [2.75, 3.05) is 6.61 Å². The van der Waals surface area contributed by atoms with E-state index >= 15 is 0 Å². The topological polar surface area (TPSA) is 9.23 Å². The summed E-state index contributed by atoms with van der Waals surface area (Å²) in [7, 11) is 0. The summed E-state index contributed by atoms with van der Waals surface area (Å²) in [5.41, 5.74) is 0. The molecule has 1 nitrogen and oxygen atoms in total. The number of rotatable bonds is 2. The number of halogens is 1. The highest BCUT2D eigenvalue weighted by Gasteiger charge is 2.06. The largest absolute Gasteiger partial charge is 0.493 e. The van der Waals surface area contributed by atoms with Crippen LogP contribution in [0.5, 0.6) is 5.75 Å².